The van der Waals surface area contributed by atoms with Gasteiger partial charge in [-0.3, -0.25) is 11.3 Å². The second-order valence-corrected chi connectivity index (χ2v) is 4.96. The molecule has 1 aromatic carbocycles. The van der Waals surface area contributed by atoms with Crippen LogP contribution in [-0.4, -0.2) is 6.04 Å². The average molecular weight is 220 g/mol. The quantitative estimate of drug-likeness (QED) is 0.571. The van der Waals surface area contributed by atoms with E-state index in [1.54, 1.807) is 0 Å². The molecule has 0 spiro atoms. The highest BCUT2D eigenvalue weighted by Crippen LogP contribution is 2.14. The minimum atomic E-state index is 0.430. The Morgan fingerprint density at radius 2 is 1.94 bits per heavy atom. The summed E-state index contributed by atoms with van der Waals surface area (Å²) in [6.45, 7) is 6.64. The molecule has 0 saturated heterocycles. The fourth-order valence-electron chi connectivity index (χ4n) is 2.06. The number of nitrogens with two attached hydrogens (primary N) is 1. The van der Waals surface area contributed by atoms with Gasteiger partial charge < -0.3 is 0 Å². The van der Waals surface area contributed by atoms with Crippen molar-refractivity contribution in [1.29, 1.82) is 0 Å². The Morgan fingerprint density at radius 3 is 2.50 bits per heavy atom. The van der Waals surface area contributed by atoms with Gasteiger partial charge in [0.25, 0.3) is 0 Å². The van der Waals surface area contributed by atoms with E-state index in [0.29, 0.717) is 12.0 Å². The van der Waals surface area contributed by atoms with Gasteiger partial charge >= 0.3 is 0 Å². The maximum atomic E-state index is 5.57. The fourth-order valence-corrected chi connectivity index (χ4v) is 2.06. The Hall–Kier alpha value is -0.860. The van der Waals surface area contributed by atoms with E-state index in [1.165, 1.54) is 11.1 Å². The van der Waals surface area contributed by atoms with Crippen LogP contribution in [0.2, 0.25) is 0 Å². The van der Waals surface area contributed by atoms with Gasteiger partial charge in [-0.1, -0.05) is 38.1 Å². The normalized spacial score (nSPS) is 13.1. The molecule has 0 saturated carbocycles. The zero-order valence-corrected chi connectivity index (χ0v) is 10.7. The number of nitrogens with one attached hydrogen (secondary N) is 1. The van der Waals surface area contributed by atoms with E-state index >= 15 is 0 Å². The van der Waals surface area contributed by atoms with Gasteiger partial charge in [0.2, 0.25) is 0 Å². The van der Waals surface area contributed by atoms with E-state index in [-0.39, 0.29) is 0 Å². The first-order chi connectivity index (χ1) is 7.63. The van der Waals surface area contributed by atoms with Crippen molar-refractivity contribution >= 4 is 0 Å². The van der Waals surface area contributed by atoms with Gasteiger partial charge in [0, 0.05) is 6.04 Å². The summed E-state index contributed by atoms with van der Waals surface area (Å²) in [5.41, 5.74) is 5.74. The predicted molar refractivity (Wildman–Crippen MR) is 70.1 cm³/mol. The summed E-state index contributed by atoms with van der Waals surface area (Å²) >= 11 is 0. The van der Waals surface area contributed by atoms with Crippen LogP contribution in [0.5, 0.6) is 0 Å². The van der Waals surface area contributed by atoms with Crippen molar-refractivity contribution in [3.8, 4) is 0 Å². The summed E-state index contributed by atoms with van der Waals surface area (Å²) in [6, 6.07) is 9.00. The summed E-state index contributed by atoms with van der Waals surface area (Å²) in [4.78, 5) is 0. The van der Waals surface area contributed by atoms with E-state index < -0.39 is 0 Å². The van der Waals surface area contributed by atoms with Crippen molar-refractivity contribution in [3.05, 3.63) is 35.4 Å². The maximum absolute atomic E-state index is 5.57. The summed E-state index contributed by atoms with van der Waals surface area (Å²) in [5, 5.41) is 0. The standard InChI is InChI=1S/C14H24N2/c1-11(2)10-14(16-15)9-8-13-7-5-4-6-12(13)3/h4-7,11,14,16H,8-10,15H2,1-3H3. The minimum Gasteiger partial charge on any atom is -0.271 e. The number of hydrogen-bond acceptors (Lipinski definition) is 2. The highest BCUT2D eigenvalue weighted by atomic mass is 15.2. The second kappa shape index (κ2) is 6.66. The molecule has 0 fully saturated rings. The maximum Gasteiger partial charge on any atom is 0.0216 e. The third-order valence-corrected chi connectivity index (χ3v) is 3.02. The molecular weight excluding hydrogens is 196 g/mol. The van der Waals surface area contributed by atoms with Crippen LogP contribution in [0, 0.1) is 12.8 Å². The van der Waals surface area contributed by atoms with Crippen LogP contribution in [0.1, 0.15) is 37.8 Å². The first-order valence-electron chi connectivity index (χ1n) is 6.14. The lowest BCUT2D eigenvalue weighted by atomic mass is 9.96. The van der Waals surface area contributed by atoms with Crippen molar-refractivity contribution in [3.63, 3.8) is 0 Å². The molecule has 0 aromatic heterocycles. The zero-order chi connectivity index (χ0) is 12.0. The molecule has 0 heterocycles. The molecule has 90 valence electrons. The molecule has 16 heavy (non-hydrogen) atoms. The molecule has 1 atom stereocenters. The van der Waals surface area contributed by atoms with Gasteiger partial charge in [0.15, 0.2) is 0 Å². The van der Waals surface area contributed by atoms with E-state index in [1.807, 2.05) is 0 Å². The van der Waals surface area contributed by atoms with Crippen molar-refractivity contribution in [2.24, 2.45) is 11.8 Å². The van der Waals surface area contributed by atoms with Gasteiger partial charge in [0.05, 0.1) is 0 Å². The fraction of sp³-hybridized carbons (Fsp3) is 0.571. The average Bonchev–Trinajstić information content (AvgIpc) is 2.25. The second-order valence-electron chi connectivity index (χ2n) is 4.96. The van der Waals surface area contributed by atoms with Crippen LogP contribution in [0.15, 0.2) is 24.3 Å². The van der Waals surface area contributed by atoms with Crippen LogP contribution in [0.4, 0.5) is 0 Å². The Labute approximate surface area is 99.2 Å². The molecule has 0 aliphatic rings. The molecule has 1 aromatic rings. The van der Waals surface area contributed by atoms with Crippen molar-refractivity contribution < 1.29 is 0 Å². The van der Waals surface area contributed by atoms with Crippen molar-refractivity contribution in [2.45, 2.75) is 46.1 Å². The van der Waals surface area contributed by atoms with Gasteiger partial charge in [0.1, 0.15) is 0 Å². The first-order valence-corrected chi connectivity index (χ1v) is 6.14. The smallest absolute Gasteiger partial charge is 0.0216 e. The molecule has 3 N–H and O–H groups in total. The monoisotopic (exact) mass is 220 g/mol. The van der Waals surface area contributed by atoms with Gasteiger partial charge in [-0.15, -0.1) is 0 Å². The molecule has 2 heteroatoms. The van der Waals surface area contributed by atoms with Crippen LogP contribution < -0.4 is 11.3 Å². The number of hydrazine groups is 1. The van der Waals surface area contributed by atoms with E-state index in [9.17, 15) is 0 Å². The Bertz CT molecular complexity index is 307. The van der Waals surface area contributed by atoms with Gasteiger partial charge in [-0.05, 0) is 43.2 Å². The molecule has 0 bridgehead atoms. The molecule has 0 radical (unpaired) electrons. The van der Waals surface area contributed by atoms with Crippen LogP contribution in [-0.2, 0) is 6.42 Å². The predicted octanol–water partition coefficient (Wildman–Crippen LogP) is 2.81. The molecular formula is C14H24N2. The topological polar surface area (TPSA) is 38.0 Å². The van der Waals surface area contributed by atoms with Crippen LogP contribution in [0.25, 0.3) is 0 Å². The largest absolute Gasteiger partial charge is 0.271 e. The van der Waals surface area contributed by atoms with Crippen LogP contribution >= 0.6 is 0 Å². The lowest BCUT2D eigenvalue weighted by molar-refractivity contribution is 0.404. The molecule has 0 aliphatic carbocycles. The molecule has 0 aliphatic heterocycles. The molecule has 1 unspecified atom stereocenters. The summed E-state index contributed by atoms with van der Waals surface area (Å²) < 4.78 is 0. The highest BCUT2D eigenvalue weighted by Gasteiger charge is 2.09. The first kappa shape index (κ1) is 13.2. The zero-order valence-electron chi connectivity index (χ0n) is 10.7. The van der Waals surface area contributed by atoms with Gasteiger partial charge in [-0.2, -0.15) is 0 Å². The van der Waals surface area contributed by atoms with Crippen molar-refractivity contribution in [1.82, 2.24) is 5.43 Å². The lowest BCUT2D eigenvalue weighted by Crippen LogP contribution is -2.36. The van der Waals surface area contributed by atoms with E-state index in [4.69, 9.17) is 5.84 Å². The summed E-state index contributed by atoms with van der Waals surface area (Å²) in [5.74, 6) is 6.27. The van der Waals surface area contributed by atoms with Crippen molar-refractivity contribution in [2.75, 3.05) is 0 Å². The third kappa shape index (κ3) is 4.33. The van der Waals surface area contributed by atoms with Crippen LogP contribution in [0.3, 0.4) is 0 Å². The number of rotatable bonds is 6. The number of hydrogen-bond donors (Lipinski definition) is 2. The SMILES string of the molecule is Cc1ccccc1CCC(CC(C)C)NN. The van der Waals surface area contributed by atoms with E-state index in [0.717, 1.165) is 19.3 Å². The number of benzene rings is 1. The van der Waals surface area contributed by atoms with E-state index in [2.05, 4.69) is 50.5 Å². The Kier molecular flexibility index (Phi) is 5.50. The molecule has 0 amide bonds. The summed E-state index contributed by atoms with van der Waals surface area (Å²) in [7, 11) is 0. The lowest BCUT2D eigenvalue weighted by Gasteiger charge is -2.18. The number of aryl methyl sites for hydroxylation is 2. The Morgan fingerprint density at radius 1 is 1.25 bits per heavy atom. The summed E-state index contributed by atoms with van der Waals surface area (Å²) in [6.07, 6.45) is 3.36. The molecule has 1 rings (SSSR count). The third-order valence-electron chi connectivity index (χ3n) is 3.02. The van der Waals surface area contributed by atoms with Gasteiger partial charge in [-0.25, -0.2) is 0 Å². The minimum absolute atomic E-state index is 0.430. The molecule has 2 nitrogen and oxygen atoms in total. The highest BCUT2D eigenvalue weighted by molar-refractivity contribution is 5.25. The Balaban J connectivity index is 2.46.